The zero-order valence-electron chi connectivity index (χ0n) is 9.80. The first-order valence-electron chi connectivity index (χ1n) is 5.34. The van der Waals surface area contributed by atoms with Crippen LogP contribution < -0.4 is 11.1 Å². The number of ether oxygens (including phenoxy) is 1. The van der Waals surface area contributed by atoms with Crippen LogP contribution in [-0.4, -0.2) is 47.2 Å². The molecule has 0 radical (unpaired) electrons. The summed E-state index contributed by atoms with van der Waals surface area (Å²) < 4.78 is 6.22. The van der Waals surface area contributed by atoms with Gasteiger partial charge in [0.25, 0.3) is 0 Å². The minimum absolute atomic E-state index is 0.123. The van der Waals surface area contributed by atoms with Crippen LogP contribution in [0.5, 0.6) is 0 Å². The van der Waals surface area contributed by atoms with E-state index < -0.39 is 6.10 Å². The number of carbonyl (C=O) groups excluding carboxylic acids is 1. The van der Waals surface area contributed by atoms with E-state index in [9.17, 15) is 9.90 Å². The molecular weight excluding hydrogens is 224 g/mol. The van der Waals surface area contributed by atoms with Gasteiger partial charge >= 0.3 is 0 Å². The van der Waals surface area contributed by atoms with Crippen LogP contribution in [0.15, 0.2) is 12.3 Å². The lowest BCUT2D eigenvalue weighted by atomic mass is 10.2. The van der Waals surface area contributed by atoms with Gasteiger partial charge in [0.2, 0.25) is 5.91 Å². The van der Waals surface area contributed by atoms with Crippen LogP contribution in [0.3, 0.4) is 0 Å². The van der Waals surface area contributed by atoms with E-state index in [0.29, 0.717) is 18.8 Å². The molecule has 1 aromatic heterocycles. The molecule has 0 spiro atoms. The van der Waals surface area contributed by atoms with Gasteiger partial charge in [-0.25, -0.2) is 0 Å². The summed E-state index contributed by atoms with van der Waals surface area (Å²) in [4.78, 5) is 11.4. The molecule has 1 aromatic rings. The largest absolute Gasteiger partial charge is 0.391 e. The average Bonchev–Trinajstić information content (AvgIpc) is 2.64. The number of nitrogens with zero attached hydrogens (tertiary/aromatic N) is 2. The zero-order valence-corrected chi connectivity index (χ0v) is 9.80. The number of rotatable bonds is 7. The predicted octanol–water partition coefficient (Wildman–Crippen LogP) is -1.02. The van der Waals surface area contributed by atoms with Gasteiger partial charge in [0.05, 0.1) is 12.7 Å². The van der Waals surface area contributed by atoms with Gasteiger partial charge in [-0.2, -0.15) is 5.10 Å². The highest BCUT2D eigenvalue weighted by atomic mass is 16.5. The summed E-state index contributed by atoms with van der Waals surface area (Å²) in [6, 6.07) is 1.62. The number of anilines is 1. The maximum atomic E-state index is 11.4. The maximum absolute atomic E-state index is 11.4. The number of hydrogen-bond acceptors (Lipinski definition) is 5. The lowest BCUT2D eigenvalue weighted by Gasteiger charge is -2.10. The van der Waals surface area contributed by atoms with Crippen molar-refractivity contribution >= 4 is 11.7 Å². The molecule has 1 heterocycles. The third-order valence-electron chi connectivity index (χ3n) is 2.13. The second-order valence-electron chi connectivity index (χ2n) is 3.69. The molecule has 4 N–H and O–H groups in total. The summed E-state index contributed by atoms with van der Waals surface area (Å²) in [5, 5.41) is 15.9. The highest BCUT2D eigenvalue weighted by Gasteiger charge is 2.06. The summed E-state index contributed by atoms with van der Waals surface area (Å²) in [7, 11) is 1.52. The fourth-order valence-corrected chi connectivity index (χ4v) is 1.32. The number of aliphatic hydroxyl groups excluding tert-OH is 1. The molecule has 0 fully saturated rings. The van der Waals surface area contributed by atoms with Crippen LogP contribution in [0.2, 0.25) is 0 Å². The lowest BCUT2D eigenvalue weighted by molar-refractivity contribution is -0.121. The number of nitrogens with two attached hydrogens (primary N) is 1. The van der Waals surface area contributed by atoms with Crippen molar-refractivity contribution in [2.45, 2.75) is 19.1 Å². The molecule has 0 saturated heterocycles. The van der Waals surface area contributed by atoms with Gasteiger partial charge in [0, 0.05) is 19.9 Å². The third kappa shape index (κ3) is 5.32. The summed E-state index contributed by atoms with van der Waals surface area (Å²) in [6.45, 7) is 0.795. The summed E-state index contributed by atoms with van der Waals surface area (Å²) in [5.41, 5.74) is 5.42. The third-order valence-corrected chi connectivity index (χ3v) is 2.13. The molecule has 7 heteroatoms. The molecule has 0 aliphatic heterocycles. The van der Waals surface area contributed by atoms with E-state index in [1.54, 1.807) is 12.3 Å². The first kappa shape index (κ1) is 13.5. The highest BCUT2D eigenvalue weighted by molar-refractivity contribution is 5.75. The Kier molecular flexibility index (Phi) is 5.44. The Bertz CT molecular complexity index is 353. The first-order chi connectivity index (χ1) is 8.11. The smallest absolute Gasteiger partial charge is 0.241 e. The summed E-state index contributed by atoms with van der Waals surface area (Å²) >= 11 is 0. The van der Waals surface area contributed by atoms with Gasteiger partial charge in [-0.3, -0.25) is 9.48 Å². The van der Waals surface area contributed by atoms with Crippen molar-refractivity contribution in [3.63, 3.8) is 0 Å². The van der Waals surface area contributed by atoms with Crippen LogP contribution in [0.1, 0.15) is 6.42 Å². The highest BCUT2D eigenvalue weighted by Crippen LogP contribution is 1.95. The van der Waals surface area contributed by atoms with E-state index >= 15 is 0 Å². The number of nitrogens with one attached hydrogen (secondary N) is 1. The topological polar surface area (TPSA) is 102 Å². The molecule has 1 amide bonds. The molecule has 96 valence electrons. The molecular formula is C10H18N4O3. The van der Waals surface area contributed by atoms with Crippen molar-refractivity contribution in [3.8, 4) is 0 Å². The minimum atomic E-state index is -0.555. The van der Waals surface area contributed by atoms with Crippen molar-refractivity contribution in [2.75, 3.05) is 26.0 Å². The Morgan fingerprint density at radius 3 is 3.12 bits per heavy atom. The fraction of sp³-hybridized carbons (Fsp3) is 0.600. The monoisotopic (exact) mass is 242 g/mol. The number of amides is 1. The number of aromatic nitrogens is 2. The maximum Gasteiger partial charge on any atom is 0.241 e. The first-order valence-corrected chi connectivity index (χ1v) is 5.34. The van der Waals surface area contributed by atoms with Crippen molar-refractivity contribution in [1.29, 1.82) is 0 Å². The Morgan fingerprint density at radius 2 is 2.53 bits per heavy atom. The van der Waals surface area contributed by atoms with Gasteiger partial charge in [-0.05, 0) is 12.5 Å². The number of carbonyl (C=O) groups is 1. The SMILES string of the molecule is COCC(O)CCNC(=O)Cn1ccc(N)n1. The molecule has 0 saturated carbocycles. The van der Waals surface area contributed by atoms with Gasteiger partial charge in [-0.15, -0.1) is 0 Å². The van der Waals surface area contributed by atoms with Crippen LogP contribution in [0.25, 0.3) is 0 Å². The van der Waals surface area contributed by atoms with Crippen molar-refractivity contribution < 1.29 is 14.6 Å². The number of aliphatic hydroxyl groups is 1. The van der Waals surface area contributed by atoms with Crippen LogP contribution in [0.4, 0.5) is 5.82 Å². The fourth-order valence-electron chi connectivity index (χ4n) is 1.32. The molecule has 1 rings (SSSR count). The zero-order chi connectivity index (χ0) is 12.7. The minimum Gasteiger partial charge on any atom is -0.391 e. The molecule has 0 aliphatic rings. The van der Waals surface area contributed by atoms with Gasteiger partial charge < -0.3 is 20.9 Å². The van der Waals surface area contributed by atoms with E-state index in [0.717, 1.165) is 0 Å². The number of hydrogen-bond donors (Lipinski definition) is 3. The quantitative estimate of drug-likeness (QED) is 0.568. The van der Waals surface area contributed by atoms with E-state index in [1.165, 1.54) is 11.8 Å². The molecule has 1 atom stereocenters. The molecule has 1 unspecified atom stereocenters. The van der Waals surface area contributed by atoms with Crippen molar-refractivity contribution in [2.24, 2.45) is 0 Å². The van der Waals surface area contributed by atoms with Crippen LogP contribution >= 0.6 is 0 Å². The molecule has 0 aliphatic carbocycles. The van der Waals surface area contributed by atoms with E-state index in [-0.39, 0.29) is 19.1 Å². The normalized spacial score (nSPS) is 12.4. The molecule has 17 heavy (non-hydrogen) atoms. The van der Waals surface area contributed by atoms with E-state index in [1.807, 2.05) is 0 Å². The molecule has 7 nitrogen and oxygen atoms in total. The lowest BCUT2D eigenvalue weighted by Crippen LogP contribution is -2.31. The Labute approximate surface area is 99.6 Å². The summed E-state index contributed by atoms with van der Waals surface area (Å²) in [5.74, 6) is 0.214. The number of nitrogen functional groups attached to an aromatic ring is 1. The number of methoxy groups -OCH3 is 1. The van der Waals surface area contributed by atoms with E-state index in [4.69, 9.17) is 10.5 Å². The van der Waals surface area contributed by atoms with E-state index in [2.05, 4.69) is 10.4 Å². The second kappa shape index (κ2) is 6.87. The Balaban J connectivity index is 2.17. The van der Waals surface area contributed by atoms with Gasteiger partial charge in [0.1, 0.15) is 12.4 Å². The van der Waals surface area contributed by atoms with Crippen molar-refractivity contribution in [1.82, 2.24) is 15.1 Å². The predicted molar refractivity (Wildman–Crippen MR) is 62.1 cm³/mol. The van der Waals surface area contributed by atoms with Gasteiger partial charge in [-0.1, -0.05) is 0 Å². The second-order valence-corrected chi connectivity index (χ2v) is 3.69. The molecule has 0 aromatic carbocycles. The average molecular weight is 242 g/mol. The Hall–Kier alpha value is -1.60. The Morgan fingerprint density at radius 1 is 1.76 bits per heavy atom. The standard InChI is InChI=1S/C10H18N4O3/c1-17-7-8(15)2-4-12-10(16)6-14-5-3-9(11)13-14/h3,5,8,15H,2,4,6-7H2,1H3,(H2,11,13)(H,12,16). The molecule has 0 bridgehead atoms. The van der Waals surface area contributed by atoms with Crippen molar-refractivity contribution in [3.05, 3.63) is 12.3 Å². The van der Waals surface area contributed by atoms with Crippen LogP contribution in [-0.2, 0) is 16.1 Å². The van der Waals surface area contributed by atoms with Gasteiger partial charge in [0.15, 0.2) is 0 Å². The summed E-state index contributed by atoms with van der Waals surface area (Å²) in [6.07, 6.45) is 1.54. The van der Waals surface area contributed by atoms with Crippen LogP contribution in [0, 0.1) is 0 Å².